The summed E-state index contributed by atoms with van der Waals surface area (Å²) in [5.41, 5.74) is 8.20. The van der Waals surface area contributed by atoms with E-state index in [2.05, 4.69) is 65.2 Å². The summed E-state index contributed by atoms with van der Waals surface area (Å²) in [6, 6.07) is 16.7. The number of aromatic amines is 1. The fraction of sp³-hybridized carbons (Fsp3) is 0.364. The molecule has 1 fully saturated rings. The lowest BCUT2D eigenvalue weighted by molar-refractivity contribution is 0.162. The molecule has 1 unspecified atom stereocenters. The quantitative estimate of drug-likeness (QED) is 0.422. The van der Waals surface area contributed by atoms with E-state index in [0.29, 0.717) is 22.8 Å². The van der Waals surface area contributed by atoms with Crippen molar-refractivity contribution in [2.45, 2.75) is 36.7 Å². The number of nitrogens with one attached hydrogen (secondary N) is 1. The second-order valence-corrected chi connectivity index (χ2v) is 10.0. The van der Waals surface area contributed by atoms with Crippen molar-refractivity contribution in [1.82, 2.24) is 20.1 Å². The van der Waals surface area contributed by atoms with Crippen LogP contribution in [0.1, 0.15) is 24.0 Å². The molecule has 1 aliphatic rings. The average molecular weight is 518 g/mol. The maximum atomic E-state index is 11.5. The van der Waals surface area contributed by atoms with Crippen LogP contribution in [0.15, 0.2) is 57.9 Å². The molecular weight excluding hydrogens is 490 g/mol. The summed E-state index contributed by atoms with van der Waals surface area (Å²) >= 11 is 3.51. The summed E-state index contributed by atoms with van der Waals surface area (Å²) in [4.78, 5) is 9.65. The van der Waals surface area contributed by atoms with Gasteiger partial charge in [-0.05, 0) is 54.7 Å². The van der Waals surface area contributed by atoms with Gasteiger partial charge in [0.1, 0.15) is 11.0 Å². The van der Waals surface area contributed by atoms with Crippen molar-refractivity contribution in [2.75, 3.05) is 30.3 Å². The number of halogens is 1. The number of rotatable bonds is 8. The number of hydrogen-bond donors (Lipinski definition) is 3. The molecule has 2 heterocycles. The van der Waals surface area contributed by atoms with Crippen LogP contribution in [0.5, 0.6) is 0 Å². The van der Waals surface area contributed by atoms with E-state index in [9.17, 15) is 4.21 Å². The molecule has 170 valence electrons. The summed E-state index contributed by atoms with van der Waals surface area (Å²) in [7, 11) is -1.45. The van der Waals surface area contributed by atoms with Gasteiger partial charge >= 0.3 is 0 Å². The predicted molar refractivity (Wildman–Crippen MR) is 131 cm³/mol. The number of nitrogens with two attached hydrogens (primary N) is 2. The zero-order valence-electron chi connectivity index (χ0n) is 17.8. The van der Waals surface area contributed by atoms with Crippen LogP contribution < -0.4 is 15.8 Å². The highest BCUT2D eigenvalue weighted by Gasteiger charge is 2.26. The van der Waals surface area contributed by atoms with Gasteiger partial charge in [0.05, 0.1) is 4.90 Å². The highest BCUT2D eigenvalue weighted by Crippen LogP contribution is 2.23. The molecule has 0 spiro atoms. The van der Waals surface area contributed by atoms with Gasteiger partial charge < -0.3 is 10.6 Å². The molecule has 1 atom stereocenters. The summed E-state index contributed by atoms with van der Waals surface area (Å²) in [6.07, 6.45) is 3.04. The first-order valence-electron chi connectivity index (χ1n) is 10.6. The number of nitrogen functional groups attached to an aromatic ring is 1. The maximum absolute atomic E-state index is 11.5. The van der Waals surface area contributed by atoms with Crippen molar-refractivity contribution in [3.8, 4) is 0 Å². The van der Waals surface area contributed by atoms with Gasteiger partial charge in [-0.2, -0.15) is 4.98 Å². The van der Waals surface area contributed by atoms with Gasteiger partial charge in [-0.3, -0.25) is 4.90 Å². The molecule has 1 aromatic heterocycles. The van der Waals surface area contributed by atoms with Gasteiger partial charge in [0.25, 0.3) is 0 Å². The first-order chi connectivity index (χ1) is 15.5. The van der Waals surface area contributed by atoms with Crippen LogP contribution in [-0.2, 0) is 24.0 Å². The molecule has 32 heavy (non-hydrogen) atoms. The largest absolute Gasteiger partial charge is 0.368 e. The highest BCUT2D eigenvalue weighted by atomic mass is 79.9. The number of nitrogens with zero attached hydrogens (tertiary/aromatic N) is 4. The Bertz CT molecular complexity index is 1030. The Labute approximate surface area is 199 Å². The van der Waals surface area contributed by atoms with Crippen molar-refractivity contribution in [3.05, 3.63) is 64.1 Å². The molecule has 1 aliphatic heterocycles. The highest BCUT2D eigenvalue weighted by molar-refractivity contribution is 9.10. The molecule has 0 radical (unpaired) electrons. The third-order valence-electron chi connectivity index (χ3n) is 5.90. The second-order valence-electron chi connectivity index (χ2n) is 8.03. The van der Waals surface area contributed by atoms with E-state index < -0.39 is 11.0 Å². The summed E-state index contributed by atoms with van der Waals surface area (Å²) < 4.78 is 12.6. The SMILES string of the molecule is Nc1nc(N2CCC(N(CCc3ccc(Br)cc3)Cc3ccc(S(N)=O)cc3)CC2)n[nH]1. The first-order valence-corrected chi connectivity index (χ1v) is 12.6. The van der Waals surface area contributed by atoms with Crippen LogP contribution in [0.3, 0.4) is 0 Å². The fourth-order valence-electron chi connectivity index (χ4n) is 4.12. The van der Waals surface area contributed by atoms with Crippen molar-refractivity contribution >= 4 is 38.8 Å². The molecule has 1 saturated heterocycles. The number of piperidine rings is 1. The van der Waals surface area contributed by atoms with Crippen LogP contribution in [0, 0.1) is 0 Å². The molecule has 4 rings (SSSR count). The maximum Gasteiger partial charge on any atom is 0.246 e. The Morgan fingerprint density at radius 3 is 2.34 bits per heavy atom. The Morgan fingerprint density at radius 2 is 1.75 bits per heavy atom. The van der Waals surface area contributed by atoms with E-state index in [4.69, 9.17) is 10.9 Å². The van der Waals surface area contributed by atoms with Crippen LogP contribution in [0.4, 0.5) is 11.9 Å². The Balaban J connectivity index is 1.43. The van der Waals surface area contributed by atoms with Crippen LogP contribution in [0.25, 0.3) is 0 Å². The number of hydrogen-bond acceptors (Lipinski definition) is 6. The monoisotopic (exact) mass is 517 g/mol. The summed E-state index contributed by atoms with van der Waals surface area (Å²) in [5.74, 6) is 1.02. The van der Waals surface area contributed by atoms with Crippen LogP contribution >= 0.6 is 15.9 Å². The van der Waals surface area contributed by atoms with Gasteiger partial charge in [0, 0.05) is 36.7 Å². The Kier molecular flexibility index (Phi) is 7.56. The number of H-pyrrole nitrogens is 1. The number of benzene rings is 2. The minimum absolute atomic E-state index is 0.347. The van der Waals surface area contributed by atoms with Crippen LogP contribution in [-0.4, -0.2) is 50.0 Å². The molecule has 10 heteroatoms. The molecule has 3 aromatic rings. The van der Waals surface area contributed by atoms with E-state index in [1.807, 2.05) is 24.3 Å². The van der Waals surface area contributed by atoms with Crippen molar-refractivity contribution in [1.29, 1.82) is 0 Å². The molecule has 5 N–H and O–H groups in total. The Morgan fingerprint density at radius 1 is 1.09 bits per heavy atom. The van der Waals surface area contributed by atoms with E-state index in [-0.39, 0.29) is 0 Å². The average Bonchev–Trinajstić information content (AvgIpc) is 3.24. The van der Waals surface area contributed by atoms with E-state index in [1.54, 1.807) is 0 Å². The van der Waals surface area contributed by atoms with Gasteiger partial charge in [-0.15, -0.1) is 5.10 Å². The van der Waals surface area contributed by atoms with Crippen molar-refractivity contribution in [2.24, 2.45) is 5.14 Å². The number of aromatic nitrogens is 3. The third-order valence-corrected chi connectivity index (χ3v) is 7.16. The van der Waals surface area contributed by atoms with E-state index in [1.165, 1.54) is 11.1 Å². The topological polar surface area (TPSA) is 117 Å². The van der Waals surface area contributed by atoms with E-state index in [0.717, 1.165) is 49.9 Å². The third kappa shape index (κ3) is 5.94. The molecular formula is C22H28BrN7OS. The lowest BCUT2D eigenvalue weighted by Crippen LogP contribution is -2.45. The second kappa shape index (κ2) is 10.6. The van der Waals surface area contributed by atoms with Gasteiger partial charge in [-0.1, -0.05) is 40.2 Å². The standard InChI is InChI=1S/C22H28BrN7OS/c23-18-5-1-16(2-6-18)9-12-30(15-17-3-7-20(8-4-17)32(25)31)19-10-13-29(14-11-19)22-26-21(24)27-28-22/h1-8,19H,9-15,25H2,(H3,24,26,27,28). The summed E-state index contributed by atoms with van der Waals surface area (Å²) in [6.45, 7) is 3.58. The molecule has 2 aromatic carbocycles. The lowest BCUT2D eigenvalue weighted by Gasteiger charge is -2.38. The minimum Gasteiger partial charge on any atom is -0.368 e. The zero-order valence-corrected chi connectivity index (χ0v) is 20.2. The van der Waals surface area contributed by atoms with Crippen LogP contribution in [0.2, 0.25) is 0 Å². The first kappa shape index (κ1) is 22.9. The zero-order chi connectivity index (χ0) is 22.5. The van der Waals surface area contributed by atoms with Crippen molar-refractivity contribution in [3.63, 3.8) is 0 Å². The molecule has 0 aliphatic carbocycles. The fourth-order valence-corrected chi connectivity index (χ4v) is 4.78. The summed E-state index contributed by atoms with van der Waals surface area (Å²) in [5, 5.41) is 12.4. The molecule has 8 nitrogen and oxygen atoms in total. The minimum atomic E-state index is -1.45. The Hall–Kier alpha value is -2.27. The molecule has 0 saturated carbocycles. The van der Waals surface area contributed by atoms with Crippen molar-refractivity contribution < 1.29 is 4.21 Å². The van der Waals surface area contributed by atoms with Gasteiger partial charge in [0.2, 0.25) is 11.9 Å². The lowest BCUT2D eigenvalue weighted by atomic mass is 10.0. The molecule has 0 amide bonds. The predicted octanol–water partition coefficient (Wildman–Crippen LogP) is 2.84. The van der Waals surface area contributed by atoms with Gasteiger partial charge in [0.15, 0.2) is 0 Å². The molecule has 0 bridgehead atoms. The normalized spacial score (nSPS) is 15.9. The smallest absolute Gasteiger partial charge is 0.246 e. The van der Waals surface area contributed by atoms with Gasteiger partial charge in [-0.25, -0.2) is 14.4 Å². The number of anilines is 2. The van der Waals surface area contributed by atoms with E-state index >= 15 is 0 Å².